The molecule has 0 radical (unpaired) electrons. The lowest BCUT2D eigenvalue weighted by molar-refractivity contribution is -0.170. The SMILES string of the molecule is CCOC(=O)C1[C@@H](CCCN/C(=N/COCc2ccccc2)NC(=O)OCc2ccccc2)C(=O)N1C(=O)N1CCN(CNC(C)(C)C)CC1. The zero-order valence-electron chi connectivity index (χ0n) is 29.6. The van der Waals surface area contributed by atoms with E-state index in [-0.39, 0.29) is 31.4 Å². The molecule has 0 aliphatic carbocycles. The number of aliphatic imine (C=N–C) groups is 1. The first-order chi connectivity index (χ1) is 24.1. The van der Waals surface area contributed by atoms with Crippen molar-refractivity contribution in [1.82, 2.24) is 30.7 Å². The summed E-state index contributed by atoms with van der Waals surface area (Å²) in [4.78, 5) is 61.6. The van der Waals surface area contributed by atoms with Crippen molar-refractivity contribution in [2.75, 3.05) is 52.7 Å². The Morgan fingerprint density at radius 3 is 2.16 bits per heavy atom. The fraction of sp³-hybridized carbons (Fsp3) is 0.528. The minimum atomic E-state index is -0.985. The maximum Gasteiger partial charge on any atom is 0.414 e. The molecule has 2 aromatic carbocycles. The van der Waals surface area contributed by atoms with E-state index in [9.17, 15) is 19.2 Å². The molecule has 14 nitrogen and oxygen atoms in total. The fourth-order valence-electron chi connectivity index (χ4n) is 5.51. The lowest BCUT2D eigenvalue weighted by Gasteiger charge is -2.47. The van der Waals surface area contributed by atoms with E-state index < -0.39 is 36.0 Å². The predicted octanol–water partition coefficient (Wildman–Crippen LogP) is 3.29. The number of nitrogens with zero attached hydrogens (tertiary/aromatic N) is 4. The number of imide groups is 1. The van der Waals surface area contributed by atoms with E-state index in [2.05, 4.69) is 46.6 Å². The van der Waals surface area contributed by atoms with Gasteiger partial charge in [-0.25, -0.2) is 24.3 Å². The van der Waals surface area contributed by atoms with Gasteiger partial charge in [0.1, 0.15) is 13.3 Å². The van der Waals surface area contributed by atoms with Crippen molar-refractivity contribution in [3.63, 3.8) is 0 Å². The Morgan fingerprint density at radius 1 is 0.900 bits per heavy atom. The van der Waals surface area contributed by atoms with Gasteiger partial charge >= 0.3 is 18.1 Å². The molecule has 3 N–H and O–H groups in total. The third kappa shape index (κ3) is 11.8. The van der Waals surface area contributed by atoms with E-state index in [0.29, 0.717) is 58.8 Å². The number of guanidine groups is 1. The number of β-lactam (4-membered cyclic amide) rings is 1. The fourth-order valence-corrected chi connectivity index (χ4v) is 5.51. The highest BCUT2D eigenvalue weighted by Crippen LogP contribution is 2.33. The maximum absolute atomic E-state index is 13.5. The number of carbonyl (C=O) groups excluding carboxylic acids is 4. The van der Waals surface area contributed by atoms with Gasteiger partial charge in [-0.15, -0.1) is 0 Å². The second kappa shape index (κ2) is 19.0. The zero-order valence-corrected chi connectivity index (χ0v) is 29.6. The number of alkyl carbamates (subject to hydrolysis) is 1. The number of esters is 1. The van der Waals surface area contributed by atoms with Crippen LogP contribution in [0.15, 0.2) is 65.7 Å². The lowest BCUT2D eigenvalue weighted by Crippen LogP contribution is -2.69. The van der Waals surface area contributed by atoms with Crippen molar-refractivity contribution in [1.29, 1.82) is 0 Å². The Kier molecular flexibility index (Phi) is 14.6. The van der Waals surface area contributed by atoms with Gasteiger partial charge in [0, 0.05) is 44.9 Å². The van der Waals surface area contributed by atoms with Gasteiger partial charge in [-0.05, 0) is 51.7 Å². The smallest absolute Gasteiger partial charge is 0.414 e. The number of piperazine rings is 1. The summed E-state index contributed by atoms with van der Waals surface area (Å²) in [7, 11) is 0. The number of nitrogens with one attached hydrogen (secondary N) is 3. The summed E-state index contributed by atoms with van der Waals surface area (Å²) in [5.74, 6) is -1.54. The van der Waals surface area contributed by atoms with Crippen LogP contribution in [0.3, 0.4) is 0 Å². The first-order valence-corrected chi connectivity index (χ1v) is 17.2. The highest BCUT2D eigenvalue weighted by Gasteiger charge is 2.55. The highest BCUT2D eigenvalue weighted by molar-refractivity contribution is 6.07. The highest BCUT2D eigenvalue weighted by atomic mass is 16.5. The molecule has 2 saturated heterocycles. The van der Waals surface area contributed by atoms with E-state index >= 15 is 0 Å². The molecule has 2 atom stereocenters. The molecule has 2 aliphatic heterocycles. The standard InChI is InChI=1S/C36H51N7O7/c1-5-49-32(45)30-29(31(44)43(30)35(47)42-21-19-41(20-22-42)25-39-36(2,3)4)17-12-18-37-33(38-26-48-23-27-13-8-6-9-14-27)40-34(46)50-24-28-15-10-7-11-16-28/h6-11,13-16,29-30,39H,5,12,17-26H2,1-4H3,(H2,37,38,40,46)/t29-,30?/m1/s1. The van der Waals surface area contributed by atoms with Crippen molar-refractivity contribution in [2.24, 2.45) is 10.9 Å². The van der Waals surface area contributed by atoms with Crippen molar-refractivity contribution in [3.05, 3.63) is 71.8 Å². The predicted molar refractivity (Wildman–Crippen MR) is 188 cm³/mol. The van der Waals surface area contributed by atoms with Crippen molar-refractivity contribution in [3.8, 4) is 0 Å². The summed E-state index contributed by atoms with van der Waals surface area (Å²) >= 11 is 0. The van der Waals surface area contributed by atoms with Gasteiger partial charge < -0.3 is 24.4 Å². The molecule has 272 valence electrons. The first kappa shape index (κ1) is 38.3. The molecule has 2 fully saturated rings. The molecule has 4 amide bonds. The molecule has 4 rings (SSSR count). The van der Waals surface area contributed by atoms with E-state index in [0.717, 1.165) is 16.0 Å². The lowest BCUT2D eigenvalue weighted by atomic mass is 9.83. The minimum Gasteiger partial charge on any atom is -0.464 e. The molecule has 2 aliphatic rings. The molecule has 1 unspecified atom stereocenters. The van der Waals surface area contributed by atoms with Crippen LogP contribution >= 0.6 is 0 Å². The monoisotopic (exact) mass is 693 g/mol. The molecule has 0 spiro atoms. The number of likely N-dealkylation sites (tertiary alicyclic amines) is 1. The van der Waals surface area contributed by atoms with Gasteiger partial charge in [0.25, 0.3) is 0 Å². The summed E-state index contributed by atoms with van der Waals surface area (Å²) in [6, 6.07) is 17.5. The number of benzene rings is 2. The number of urea groups is 1. The van der Waals surface area contributed by atoms with Gasteiger partial charge in [-0.1, -0.05) is 60.7 Å². The quantitative estimate of drug-likeness (QED) is 0.0884. The van der Waals surface area contributed by atoms with Gasteiger partial charge in [0.15, 0.2) is 6.04 Å². The molecule has 2 heterocycles. The van der Waals surface area contributed by atoms with Crippen molar-refractivity contribution >= 4 is 30.0 Å². The third-order valence-corrected chi connectivity index (χ3v) is 8.27. The van der Waals surface area contributed by atoms with Crippen LogP contribution in [0.4, 0.5) is 9.59 Å². The topological polar surface area (TPSA) is 154 Å². The molecule has 0 aromatic heterocycles. The number of carbonyl (C=O) groups is 4. The number of amides is 4. The largest absolute Gasteiger partial charge is 0.464 e. The number of hydrogen-bond acceptors (Lipinski definition) is 10. The van der Waals surface area contributed by atoms with E-state index in [4.69, 9.17) is 14.2 Å². The zero-order chi connectivity index (χ0) is 35.9. The average Bonchev–Trinajstić information content (AvgIpc) is 3.11. The van der Waals surface area contributed by atoms with Crippen LogP contribution in [0.2, 0.25) is 0 Å². The van der Waals surface area contributed by atoms with E-state index in [1.165, 1.54) is 0 Å². The summed E-state index contributed by atoms with van der Waals surface area (Å²) in [6.45, 7) is 11.8. The van der Waals surface area contributed by atoms with Crippen LogP contribution in [-0.4, -0.2) is 109 Å². The van der Waals surface area contributed by atoms with Crippen molar-refractivity contribution in [2.45, 2.75) is 65.3 Å². The molecule has 0 saturated carbocycles. The second-order valence-electron chi connectivity index (χ2n) is 13.2. The molecule has 50 heavy (non-hydrogen) atoms. The number of rotatable bonds is 14. The average molecular weight is 694 g/mol. The molecule has 0 bridgehead atoms. The Hall–Kier alpha value is -4.53. The molecular weight excluding hydrogens is 642 g/mol. The third-order valence-electron chi connectivity index (χ3n) is 8.27. The minimum absolute atomic E-state index is 0.0232. The van der Waals surface area contributed by atoms with E-state index in [1.807, 2.05) is 60.7 Å². The molecular formula is C36H51N7O7. The van der Waals surface area contributed by atoms with Crippen LogP contribution in [0.1, 0.15) is 51.7 Å². The van der Waals surface area contributed by atoms with Crippen LogP contribution < -0.4 is 16.0 Å². The van der Waals surface area contributed by atoms with Gasteiger partial charge in [-0.3, -0.25) is 20.3 Å². The van der Waals surface area contributed by atoms with Gasteiger partial charge in [0.2, 0.25) is 11.9 Å². The van der Waals surface area contributed by atoms with Crippen LogP contribution in [0.5, 0.6) is 0 Å². The van der Waals surface area contributed by atoms with Gasteiger partial charge in [-0.2, -0.15) is 0 Å². The Bertz CT molecular complexity index is 1430. The normalized spacial score (nSPS) is 18.3. The summed E-state index contributed by atoms with van der Waals surface area (Å²) < 4.78 is 16.3. The number of hydrogen-bond donors (Lipinski definition) is 3. The Labute approximate surface area is 294 Å². The van der Waals surface area contributed by atoms with Crippen molar-refractivity contribution < 1.29 is 33.4 Å². The number of ether oxygens (including phenoxy) is 3. The molecule has 2 aromatic rings. The summed E-state index contributed by atoms with van der Waals surface area (Å²) in [5, 5.41) is 9.15. The summed E-state index contributed by atoms with van der Waals surface area (Å²) in [6.07, 6.45) is 0.0696. The molecule has 14 heteroatoms. The Balaban J connectivity index is 1.29. The van der Waals surface area contributed by atoms with Crippen LogP contribution in [-0.2, 0) is 37.0 Å². The second-order valence-corrected chi connectivity index (χ2v) is 13.2. The van der Waals surface area contributed by atoms with Crippen LogP contribution in [0, 0.1) is 5.92 Å². The van der Waals surface area contributed by atoms with Gasteiger partial charge in [0.05, 0.1) is 19.1 Å². The first-order valence-electron chi connectivity index (χ1n) is 17.2. The summed E-state index contributed by atoms with van der Waals surface area (Å²) in [5.41, 5.74) is 1.80. The maximum atomic E-state index is 13.5. The van der Waals surface area contributed by atoms with E-state index in [1.54, 1.807) is 11.8 Å². The van der Waals surface area contributed by atoms with Crippen LogP contribution in [0.25, 0.3) is 0 Å². The Morgan fingerprint density at radius 2 is 1.54 bits per heavy atom.